The van der Waals surface area contributed by atoms with Crippen LogP contribution < -0.4 is 10.1 Å². The molecule has 0 atom stereocenters. The van der Waals surface area contributed by atoms with Gasteiger partial charge in [0.25, 0.3) is 5.91 Å². The Balaban J connectivity index is 1.75. The molecule has 0 unspecified atom stereocenters. The number of aromatic nitrogens is 5. The standard InChI is InChI=1S/C18H19N7O2/c1-27-17-6-5-16(21-22-17)25-15(13-4-2-3-7-20-13)12-14(23-25)18(26)24-10-8-19-9-11-24/h2-7,12,19H,8-11H2,1H3. The summed E-state index contributed by atoms with van der Waals surface area (Å²) in [6.07, 6.45) is 1.70. The number of rotatable bonds is 4. The summed E-state index contributed by atoms with van der Waals surface area (Å²) in [6.45, 7) is 2.88. The number of carbonyl (C=O) groups excluding carboxylic acids is 1. The van der Waals surface area contributed by atoms with E-state index in [-0.39, 0.29) is 5.91 Å². The van der Waals surface area contributed by atoms with Crippen molar-refractivity contribution in [2.45, 2.75) is 0 Å². The number of piperazine rings is 1. The van der Waals surface area contributed by atoms with Crippen molar-refractivity contribution < 1.29 is 9.53 Å². The molecule has 0 spiro atoms. The van der Waals surface area contributed by atoms with E-state index in [0.717, 1.165) is 13.1 Å². The number of nitrogens with one attached hydrogen (secondary N) is 1. The van der Waals surface area contributed by atoms with Crippen molar-refractivity contribution in [3.63, 3.8) is 0 Å². The third-order valence-corrected chi connectivity index (χ3v) is 4.31. The Morgan fingerprint density at radius 3 is 2.67 bits per heavy atom. The lowest BCUT2D eigenvalue weighted by Gasteiger charge is -2.26. The molecule has 3 aromatic heterocycles. The van der Waals surface area contributed by atoms with E-state index < -0.39 is 0 Å². The van der Waals surface area contributed by atoms with Crippen molar-refractivity contribution in [1.82, 2.24) is 35.2 Å². The minimum atomic E-state index is -0.103. The van der Waals surface area contributed by atoms with E-state index in [2.05, 4.69) is 25.6 Å². The highest BCUT2D eigenvalue weighted by Crippen LogP contribution is 2.22. The molecule has 1 amide bonds. The molecular formula is C18H19N7O2. The van der Waals surface area contributed by atoms with E-state index in [4.69, 9.17) is 4.74 Å². The molecule has 1 N–H and O–H groups in total. The van der Waals surface area contributed by atoms with Crippen LogP contribution in [0.2, 0.25) is 0 Å². The second-order valence-corrected chi connectivity index (χ2v) is 6.02. The summed E-state index contributed by atoms with van der Waals surface area (Å²) in [6, 6.07) is 10.8. The second kappa shape index (κ2) is 7.50. The van der Waals surface area contributed by atoms with Crippen LogP contribution in [-0.2, 0) is 0 Å². The summed E-state index contributed by atoms with van der Waals surface area (Å²) in [4.78, 5) is 19.1. The first-order valence-corrected chi connectivity index (χ1v) is 8.66. The Morgan fingerprint density at radius 2 is 2.00 bits per heavy atom. The summed E-state index contributed by atoms with van der Waals surface area (Å²) >= 11 is 0. The smallest absolute Gasteiger partial charge is 0.274 e. The van der Waals surface area contributed by atoms with E-state index in [0.29, 0.717) is 41.9 Å². The Morgan fingerprint density at radius 1 is 1.15 bits per heavy atom. The third-order valence-electron chi connectivity index (χ3n) is 4.31. The molecule has 3 aromatic rings. The van der Waals surface area contributed by atoms with Crippen molar-refractivity contribution >= 4 is 5.91 Å². The topological polar surface area (TPSA) is 98.1 Å². The quantitative estimate of drug-likeness (QED) is 0.729. The number of ether oxygens (including phenoxy) is 1. The number of carbonyl (C=O) groups is 1. The molecule has 0 aliphatic carbocycles. The highest BCUT2D eigenvalue weighted by Gasteiger charge is 2.23. The lowest BCUT2D eigenvalue weighted by atomic mass is 10.2. The number of hydrogen-bond acceptors (Lipinski definition) is 7. The lowest BCUT2D eigenvalue weighted by molar-refractivity contribution is 0.0729. The second-order valence-electron chi connectivity index (χ2n) is 6.02. The maximum absolute atomic E-state index is 12.9. The molecule has 0 radical (unpaired) electrons. The molecular weight excluding hydrogens is 346 g/mol. The first-order chi connectivity index (χ1) is 13.3. The van der Waals surface area contributed by atoms with Crippen LogP contribution in [0.4, 0.5) is 0 Å². The lowest BCUT2D eigenvalue weighted by Crippen LogP contribution is -2.46. The highest BCUT2D eigenvalue weighted by molar-refractivity contribution is 5.93. The van der Waals surface area contributed by atoms with Crippen LogP contribution in [0.5, 0.6) is 5.88 Å². The van der Waals surface area contributed by atoms with Crippen LogP contribution >= 0.6 is 0 Å². The Labute approximate surface area is 156 Å². The van der Waals surface area contributed by atoms with Crippen molar-refractivity contribution in [1.29, 1.82) is 0 Å². The molecule has 4 rings (SSSR count). The largest absolute Gasteiger partial charge is 0.480 e. The molecule has 0 bridgehead atoms. The molecule has 138 valence electrons. The van der Waals surface area contributed by atoms with E-state index >= 15 is 0 Å². The fraction of sp³-hybridized carbons (Fsp3) is 0.278. The predicted octanol–water partition coefficient (Wildman–Crippen LogP) is 0.778. The zero-order chi connectivity index (χ0) is 18.6. The molecule has 4 heterocycles. The van der Waals surface area contributed by atoms with Crippen LogP contribution in [0, 0.1) is 0 Å². The first-order valence-electron chi connectivity index (χ1n) is 8.66. The van der Waals surface area contributed by atoms with Crippen molar-refractivity contribution in [2.24, 2.45) is 0 Å². The number of pyridine rings is 1. The van der Waals surface area contributed by atoms with Gasteiger partial charge in [-0.05, 0) is 24.3 Å². The Bertz CT molecular complexity index is 919. The van der Waals surface area contributed by atoms with Gasteiger partial charge in [-0.2, -0.15) is 5.10 Å². The Hall–Kier alpha value is -3.33. The summed E-state index contributed by atoms with van der Waals surface area (Å²) in [5.74, 6) is 0.784. The van der Waals surface area contributed by atoms with E-state index in [1.54, 1.807) is 34.0 Å². The van der Waals surface area contributed by atoms with Gasteiger partial charge in [-0.25, -0.2) is 4.68 Å². The van der Waals surface area contributed by atoms with Gasteiger partial charge in [0, 0.05) is 38.4 Å². The number of methoxy groups -OCH3 is 1. The molecule has 9 heteroatoms. The summed E-state index contributed by atoms with van der Waals surface area (Å²) in [5.41, 5.74) is 1.73. The van der Waals surface area contributed by atoms with Crippen LogP contribution in [0.1, 0.15) is 10.5 Å². The fourth-order valence-corrected chi connectivity index (χ4v) is 2.92. The first kappa shape index (κ1) is 17.1. The molecule has 27 heavy (non-hydrogen) atoms. The average Bonchev–Trinajstić information content (AvgIpc) is 3.20. The SMILES string of the molecule is COc1ccc(-n2nc(C(=O)N3CCNCC3)cc2-c2ccccn2)nn1. The zero-order valence-corrected chi connectivity index (χ0v) is 14.9. The molecule has 0 aromatic carbocycles. The van der Waals surface area contributed by atoms with E-state index in [9.17, 15) is 4.79 Å². The molecule has 9 nitrogen and oxygen atoms in total. The van der Waals surface area contributed by atoms with Gasteiger partial charge in [0.05, 0.1) is 18.5 Å². The minimum Gasteiger partial charge on any atom is -0.480 e. The Kier molecular flexibility index (Phi) is 4.75. The summed E-state index contributed by atoms with van der Waals surface area (Å²) in [5, 5.41) is 15.9. The van der Waals surface area contributed by atoms with Crippen molar-refractivity contribution in [2.75, 3.05) is 33.3 Å². The van der Waals surface area contributed by atoms with Crippen molar-refractivity contribution in [3.05, 3.63) is 48.3 Å². The van der Waals surface area contributed by atoms with Gasteiger partial charge in [0.15, 0.2) is 11.5 Å². The number of amides is 1. The monoisotopic (exact) mass is 365 g/mol. The maximum atomic E-state index is 12.9. The van der Waals surface area contributed by atoms with E-state index in [1.807, 2.05) is 18.2 Å². The summed E-state index contributed by atoms with van der Waals surface area (Å²) < 4.78 is 6.65. The van der Waals surface area contributed by atoms with Gasteiger partial charge in [-0.3, -0.25) is 9.78 Å². The normalized spacial score (nSPS) is 14.2. The zero-order valence-electron chi connectivity index (χ0n) is 14.9. The minimum absolute atomic E-state index is 0.103. The van der Waals surface area contributed by atoms with E-state index in [1.165, 1.54) is 7.11 Å². The van der Waals surface area contributed by atoms with Gasteiger partial charge in [-0.15, -0.1) is 10.2 Å². The molecule has 1 aliphatic heterocycles. The van der Waals surface area contributed by atoms with Crippen LogP contribution in [-0.4, -0.2) is 69.1 Å². The number of hydrogen-bond donors (Lipinski definition) is 1. The fourth-order valence-electron chi connectivity index (χ4n) is 2.92. The predicted molar refractivity (Wildman–Crippen MR) is 97.7 cm³/mol. The van der Waals surface area contributed by atoms with Crippen LogP contribution in [0.25, 0.3) is 17.2 Å². The summed E-state index contributed by atoms with van der Waals surface area (Å²) in [7, 11) is 1.53. The van der Waals surface area contributed by atoms with Crippen molar-refractivity contribution in [3.8, 4) is 23.1 Å². The molecule has 1 fully saturated rings. The number of nitrogens with zero attached hydrogens (tertiary/aromatic N) is 6. The van der Waals surface area contributed by atoms with Gasteiger partial charge in [0.1, 0.15) is 0 Å². The van der Waals surface area contributed by atoms with Gasteiger partial charge >= 0.3 is 0 Å². The highest BCUT2D eigenvalue weighted by atomic mass is 16.5. The third kappa shape index (κ3) is 3.49. The van der Waals surface area contributed by atoms with Gasteiger partial charge in [-0.1, -0.05) is 6.07 Å². The molecule has 1 saturated heterocycles. The van der Waals surface area contributed by atoms with Crippen LogP contribution in [0.3, 0.4) is 0 Å². The molecule has 0 saturated carbocycles. The molecule has 1 aliphatic rings. The van der Waals surface area contributed by atoms with Gasteiger partial charge in [0.2, 0.25) is 5.88 Å². The van der Waals surface area contributed by atoms with Gasteiger partial charge < -0.3 is 15.0 Å². The van der Waals surface area contributed by atoms with Crippen LogP contribution in [0.15, 0.2) is 42.6 Å². The maximum Gasteiger partial charge on any atom is 0.274 e. The average molecular weight is 365 g/mol.